The van der Waals surface area contributed by atoms with E-state index in [2.05, 4.69) is 4.98 Å². The van der Waals surface area contributed by atoms with Crippen molar-refractivity contribution in [3.05, 3.63) is 75.7 Å². The van der Waals surface area contributed by atoms with E-state index in [-0.39, 0.29) is 42.0 Å². The van der Waals surface area contributed by atoms with Gasteiger partial charge in [0.05, 0.1) is 17.8 Å². The van der Waals surface area contributed by atoms with Gasteiger partial charge in [-0.25, -0.2) is 13.8 Å². The number of nitrogens with zero attached hydrogens (tertiary/aromatic N) is 2. The molecule has 0 N–H and O–H groups in total. The Bertz CT molecular complexity index is 1020. The smallest absolute Gasteiger partial charge is 0.223 e. The number of amides is 1. The van der Waals surface area contributed by atoms with E-state index < -0.39 is 11.6 Å². The van der Waals surface area contributed by atoms with Crippen LogP contribution in [0, 0.1) is 11.6 Å². The molecule has 0 unspecified atom stereocenters. The molecule has 152 valence electrons. The van der Waals surface area contributed by atoms with Gasteiger partial charge in [-0.2, -0.15) is 0 Å². The number of carbonyl (C=O) groups is 1. The Balaban J connectivity index is 1.65. The zero-order valence-corrected chi connectivity index (χ0v) is 17.3. The molecule has 8 heteroatoms. The van der Waals surface area contributed by atoms with E-state index in [4.69, 9.17) is 27.6 Å². The highest BCUT2D eigenvalue weighted by molar-refractivity contribution is 6.35. The van der Waals surface area contributed by atoms with E-state index >= 15 is 0 Å². The van der Waals surface area contributed by atoms with Crippen molar-refractivity contribution in [3.63, 3.8) is 0 Å². The Morgan fingerprint density at radius 2 is 1.90 bits per heavy atom. The Hall–Kier alpha value is -2.44. The molecule has 0 aliphatic rings. The molecule has 3 rings (SSSR count). The van der Waals surface area contributed by atoms with Gasteiger partial charge in [0.1, 0.15) is 11.6 Å². The number of halogens is 4. The number of aryl methyl sites for hydroxylation is 1. The molecule has 0 aliphatic heterocycles. The molecule has 29 heavy (non-hydrogen) atoms. The third-order valence-electron chi connectivity index (χ3n) is 4.70. The lowest BCUT2D eigenvalue weighted by atomic mass is 10.1. The Labute approximate surface area is 177 Å². The molecule has 4 nitrogen and oxygen atoms in total. The monoisotopic (exact) mass is 438 g/mol. The number of hydrogen-bond donors (Lipinski definition) is 0. The average molecular weight is 439 g/mol. The lowest BCUT2D eigenvalue weighted by Gasteiger charge is -2.26. The molecule has 0 aliphatic carbocycles. The summed E-state index contributed by atoms with van der Waals surface area (Å²) in [4.78, 5) is 18.2. The minimum atomic E-state index is -0.739. The van der Waals surface area contributed by atoms with Crippen LogP contribution in [0.25, 0.3) is 11.3 Å². The highest BCUT2D eigenvalue weighted by atomic mass is 35.5. The summed E-state index contributed by atoms with van der Waals surface area (Å²) < 4.78 is 33.2. The fourth-order valence-corrected chi connectivity index (χ4v) is 3.50. The average Bonchev–Trinajstić information content (AvgIpc) is 3.13. The number of hydrogen-bond acceptors (Lipinski definition) is 3. The maximum absolute atomic E-state index is 13.9. The highest BCUT2D eigenvalue weighted by Crippen LogP contribution is 2.30. The second kappa shape index (κ2) is 8.93. The maximum Gasteiger partial charge on any atom is 0.223 e. The molecule has 1 amide bonds. The second-order valence-corrected chi connectivity index (χ2v) is 7.40. The number of benzene rings is 2. The lowest BCUT2D eigenvalue weighted by Crippen LogP contribution is -2.30. The minimum absolute atomic E-state index is 0.0160. The minimum Gasteiger partial charge on any atom is -0.441 e. The highest BCUT2D eigenvalue weighted by Gasteiger charge is 2.21. The van der Waals surface area contributed by atoms with Gasteiger partial charge in [-0.05, 0) is 36.8 Å². The van der Waals surface area contributed by atoms with Crippen molar-refractivity contribution in [2.24, 2.45) is 0 Å². The molecular formula is C21H18Cl2F2N2O2. The van der Waals surface area contributed by atoms with E-state index in [9.17, 15) is 13.6 Å². The summed E-state index contributed by atoms with van der Waals surface area (Å²) in [6, 6.07) is 8.41. The zero-order valence-electron chi connectivity index (χ0n) is 15.8. The Morgan fingerprint density at radius 1 is 1.21 bits per heavy atom. The second-order valence-electron chi connectivity index (χ2n) is 6.56. The summed E-state index contributed by atoms with van der Waals surface area (Å²) in [7, 11) is 1.67. The first kappa shape index (κ1) is 21.3. The molecule has 0 saturated heterocycles. The first-order valence-electron chi connectivity index (χ1n) is 8.87. The van der Waals surface area contributed by atoms with Crippen LogP contribution in [0.1, 0.15) is 30.8 Å². The fourth-order valence-electron chi connectivity index (χ4n) is 2.93. The normalized spacial score (nSPS) is 12.1. The number of aromatic nitrogens is 1. The van der Waals surface area contributed by atoms with Gasteiger partial charge in [0, 0.05) is 29.9 Å². The third-order valence-corrected chi connectivity index (χ3v) is 5.26. The molecule has 1 aromatic heterocycles. The SMILES string of the molecule is C[C@@H](c1ccc(Cl)cc1Cl)N(C)C(=O)CCc1ncc(-c2c(F)cccc2F)o1. The van der Waals surface area contributed by atoms with Crippen molar-refractivity contribution in [2.45, 2.75) is 25.8 Å². The molecule has 0 bridgehead atoms. The van der Waals surface area contributed by atoms with Crippen LogP contribution in [0.15, 0.2) is 47.0 Å². The van der Waals surface area contributed by atoms with Crippen LogP contribution in [0.5, 0.6) is 0 Å². The van der Waals surface area contributed by atoms with E-state index in [0.29, 0.717) is 10.0 Å². The van der Waals surface area contributed by atoms with Crippen molar-refractivity contribution >= 4 is 29.1 Å². The van der Waals surface area contributed by atoms with Crippen LogP contribution in [0.3, 0.4) is 0 Å². The molecular weight excluding hydrogens is 421 g/mol. The summed E-state index contributed by atoms with van der Waals surface area (Å²) >= 11 is 12.1. The van der Waals surface area contributed by atoms with Crippen LogP contribution >= 0.6 is 23.2 Å². The molecule has 0 spiro atoms. The van der Waals surface area contributed by atoms with Gasteiger partial charge in [-0.3, -0.25) is 4.79 Å². The van der Waals surface area contributed by atoms with E-state index in [1.165, 1.54) is 12.3 Å². The predicted octanol–water partition coefficient (Wildman–Crippen LogP) is 6.08. The van der Waals surface area contributed by atoms with Gasteiger partial charge in [-0.1, -0.05) is 35.3 Å². The van der Waals surface area contributed by atoms with E-state index in [0.717, 1.165) is 17.7 Å². The van der Waals surface area contributed by atoms with Crippen LogP contribution in [-0.2, 0) is 11.2 Å². The Kier molecular flexibility index (Phi) is 6.55. The van der Waals surface area contributed by atoms with Gasteiger partial charge in [0.15, 0.2) is 11.7 Å². The summed E-state index contributed by atoms with van der Waals surface area (Å²) in [5.41, 5.74) is 0.501. The van der Waals surface area contributed by atoms with Crippen LogP contribution in [0.2, 0.25) is 10.0 Å². The van der Waals surface area contributed by atoms with E-state index in [1.807, 2.05) is 6.92 Å². The fraction of sp³-hybridized carbons (Fsp3) is 0.238. The summed E-state index contributed by atoms with van der Waals surface area (Å²) in [6.45, 7) is 1.86. The molecule has 3 aromatic rings. The van der Waals surface area contributed by atoms with Crippen molar-refractivity contribution in [3.8, 4) is 11.3 Å². The number of rotatable bonds is 6. The number of carbonyl (C=O) groups excluding carboxylic acids is 1. The summed E-state index contributed by atoms with van der Waals surface area (Å²) in [6.07, 6.45) is 1.56. The molecule has 2 aromatic carbocycles. The maximum atomic E-state index is 13.9. The van der Waals surface area contributed by atoms with Gasteiger partial charge >= 0.3 is 0 Å². The molecule has 0 radical (unpaired) electrons. The predicted molar refractivity (Wildman–Crippen MR) is 108 cm³/mol. The van der Waals surface area contributed by atoms with Crippen molar-refractivity contribution < 1.29 is 18.0 Å². The summed E-state index contributed by atoms with van der Waals surface area (Å²) in [5.74, 6) is -1.42. The van der Waals surface area contributed by atoms with Gasteiger partial charge in [0.2, 0.25) is 5.91 Å². The van der Waals surface area contributed by atoms with Crippen molar-refractivity contribution in [1.82, 2.24) is 9.88 Å². The largest absolute Gasteiger partial charge is 0.441 e. The summed E-state index contributed by atoms with van der Waals surface area (Å²) in [5, 5.41) is 1.000. The standard InChI is InChI=1S/C21H18Cl2F2N2O2/c1-12(14-7-6-13(22)10-15(14)23)27(2)20(28)9-8-19-26-11-18(29-19)21-16(24)4-3-5-17(21)25/h3-7,10-12H,8-9H2,1-2H3/t12-/m0/s1. The molecule has 1 heterocycles. The van der Waals surface area contributed by atoms with Crippen molar-refractivity contribution in [1.29, 1.82) is 0 Å². The van der Waals surface area contributed by atoms with Crippen LogP contribution in [0.4, 0.5) is 8.78 Å². The van der Waals surface area contributed by atoms with Crippen LogP contribution < -0.4 is 0 Å². The van der Waals surface area contributed by atoms with E-state index in [1.54, 1.807) is 30.1 Å². The quantitative estimate of drug-likeness (QED) is 0.468. The van der Waals surface area contributed by atoms with Gasteiger partial charge < -0.3 is 9.32 Å². The Morgan fingerprint density at radius 3 is 2.55 bits per heavy atom. The van der Waals surface area contributed by atoms with Gasteiger partial charge in [-0.15, -0.1) is 0 Å². The zero-order chi connectivity index (χ0) is 21.1. The van der Waals surface area contributed by atoms with Crippen LogP contribution in [-0.4, -0.2) is 22.8 Å². The number of oxazole rings is 1. The topological polar surface area (TPSA) is 46.3 Å². The molecule has 1 atom stereocenters. The van der Waals surface area contributed by atoms with Gasteiger partial charge in [0.25, 0.3) is 0 Å². The first-order chi connectivity index (χ1) is 13.8. The molecule has 0 saturated carbocycles. The first-order valence-corrected chi connectivity index (χ1v) is 9.63. The molecule has 0 fully saturated rings. The third kappa shape index (κ3) is 4.77. The lowest BCUT2D eigenvalue weighted by molar-refractivity contribution is -0.131. The van der Waals surface area contributed by atoms with Crippen molar-refractivity contribution in [2.75, 3.05) is 7.05 Å².